The molecule has 1 aromatic rings. The largest absolute Gasteiger partial charge is 0.396 e. The van der Waals surface area contributed by atoms with Crippen molar-refractivity contribution in [2.24, 2.45) is 5.92 Å². The van der Waals surface area contributed by atoms with Crippen LogP contribution in [0.3, 0.4) is 0 Å². The van der Waals surface area contributed by atoms with Crippen LogP contribution in [0.25, 0.3) is 0 Å². The Morgan fingerprint density at radius 2 is 2.35 bits per heavy atom. The van der Waals surface area contributed by atoms with Crippen LogP contribution in [0.1, 0.15) is 6.92 Å². The first-order valence-electron chi connectivity index (χ1n) is 5.29. The first-order valence-corrected chi connectivity index (χ1v) is 5.67. The summed E-state index contributed by atoms with van der Waals surface area (Å²) in [5.74, 6) is 0.483. The molecule has 0 spiro atoms. The van der Waals surface area contributed by atoms with Gasteiger partial charge in [-0.1, -0.05) is 18.5 Å². The van der Waals surface area contributed by atoms with E-state index in [1.54, 1.807) is 13.1 Å². The fourth-order valence-corrected chi connectivity index (χ4v) is 1.76. The van der Waals surface area contributed by atoms with Crippen LogP contribution in [0, 0.1) is 5.92 Å². The molecule has 0 saturated heterocycles. The summed E-state index contributed by atoms with van der Waals surface area (Å²) in [6.45, 7) is 2.39. The average Bonchev–Trinajstić information content (AvgIpc) is 2.27. The van der Waals surface area contributed by atoms with Gasteiger partial charge in [0.2, 0.25) is 5.91 Å². The standard InChI is InChI=1S/C11H17ClN4O/c1-7(11(17)14-2)6-16(3)10-9(13)4-8(12)5-15-10/h4-5,7H,6,13H2,1-3H3,(H,14,17). The molecule has 5 nitrogen and oxygen atoms in total. The molecule has 1 heterocycles. The molecule has 0 aliphatic heterocycles. The fraction of sp³-hybridized carbons (Fsp3) is 0.455. The molecule has 0 saturated carbocycles. The molecule has 94 valence electrons. The number of anilines is 2. The summed E-state index contributed by atoms with van der Waals surface area (Å²) >= 11 is 5.78. The van der Waals surface area contributed by atoms with Gasteiger partial charge >= 0.3 is 0 Å². The summed E-state index contributed by atoms with van der Waals surface area (Å²) in [4.78, 5) is 17.4. The van der Waals surface area contributed by atoms with Gasteiger partial charge in [-0.3, -0.25) is 4.79 Å². The topological polar surface area (TPSA) is 71.2 Å². The Bertz CT molecular complexity index is 410. The van der Waals surface area contributed by atoms with Gasteiger partial charge in [0.25, 0.3) is 0 Å². The molecule has 0 fully saturated rings. The summed E-state index contributed by atoms with van der Waals surface area (Å²) in [6, 6.07) is 1.64. The van der Waals surface area contributed by atoms with E-state index in [4.69, 9.17) is 17.3 Å². The summed E-state index contributed by atoms with van der Waals surface area (Å²) in [7, 11) is 3.46. The number of aromatic nitrogens is 1. The van der Waals surface area contributed by atoms with Crippen molar-refractivity contribution in [1.29, 1.82) is 0 Å². The summed E-state index contributed by atoms with van der Waals surface area (Å²) in [6.07, 6.45) is 1.54. The number of halogens is 1. The Morgan fingerprint density at radius 1 is 1.71 bits per heavy atom. The van der Waals surface area contributed by atoms with E-state index in [1.165, 1.54) is 6.20 Å². The molecule has 3 N–H and O–H groups in total. The van der Waals surface area contributed by atoms with Crippen LogP contribution in [0.5, 0.6) is 0 Å². The summed E-state index contributed by atoms with van der Waals surface area (Å²) < 4.78 is 0. The van der Waals surface area contributed by atoms with Crippen LogP contribution in [0.4, 0.5) is 11.5 Å². The van der Waals surface area contributed by atoms with Crippen molar-refractivity contribution in [3.8, 4) is 0 Å². The highest BCUT2D eigenvalue weighted by atomic mass is 35.5. The average molecular weight is 257 g/mol. The number of carbonyl (C=O) groups is 1. The molecule has 6 heteroatoms. The lowest BCUT2D eigenvalue weighted by Gasteiger charge is -2.22. The predicted molar refractivity (Wildman–Crippen MR) is 70.2 cm³/mol. The van der Waals surface area contributed by atoms with Gasteiger partial charge in [-0.15, -0.1) is 0 Å². The van der Waals surface area contributed by atoms with Crippen molar-refractivity contribution in [3.05, 3.63) is 17.3 Å². The summed E-state index contributed by atoms with van der Waals surface area (Å²) in [5.41, 5.74) is 6.32. The minimum absolute atomic E-state index is 0.00983. The Hall–Kier alpha value is -1.49. The van der Waals surface area contributed by atoms with Gasteiger partial charge in [0.1, 0.15) is 0 Å². The number of amides is 1. The second-order valence-electron chi connectivity index (χ2n) is 3.96. The highest BCUT2D eigenvalue weighted by Crippen LogP contribution is 2.22. The van der Waals surface area contributed by atoms with Crippen molar-refractivity contribution >= 4 is 29.0 Å². The second-order valence-corrected chi connectivity index (χ2v) is 4.40. The molecule has 0 radical (unpaired) electrons. The lowest BCUT2D eigenvalue weighted by atomic mass is 10.1. The zero-order valence-corrected chi connectivity index (χ0v) is 11.0. The second kappa shape index (κ2) is 5.72. The third-order valence-electron chi connectivity index (χ3n) is 2.47. The maximum absolute atomic E-state index is 11.4. The van der Waals surface area contributed by atoms with Gasteiger partial charge in [0.05, 0.1) is 16.6 Å². The zero-order valence-electron chi connectivity index (χ0n) is 10.2. The van der Waals surface area contributed by atoms with Gasteiger partial charge in [0, 0.05) is 26.8 Å². The maximum atomic E-state index is 11.4. The first kappa shape index (κ1) is 13.6. The minimum atomic E-state index is -0.137. The Balaban J connectivity index is 2.76. The van der Waals surface area contributed by atoms with E-state index in [1.807, 2.05) is 18.9 Å². The number of rotatable bonds is 4. The number of hydrogen-bond acceptors (Lipinski definition) is 4. The van der Waals surface area contributed by atoms with Gasteiger partial charge in [-0.25, -0.2) is 4.98 Å². The van der Waals surface area contributed by atoms with Gasteiger partial charge < -0.3 is 16.0 Å². The first-order chi connectivity index (χ1) is 7.95. The minimum Gasteiger partial charge on any atom is -0.396 e. The monoisotopic (exact) mass is 256 g/mol. The van der Waals surface area contributed by atoms with Crippen molar-refractivity contribution in [2.75, 3.05) is 31.3 Å². The van der Waals surface area contributed by atoms with E-state index in [2.05, 4.69) is 10.3 Å². The number of hydrogen-bond donors (Lipinski definition) is 2. The predicted octanol–water partition coefficient (Wildman–Crippen LogP) is 1.14. The molecule has 1 aromatic heterocycles. The van der Waals surface area contributed by atoms with Gasteiger partial charge in [0.15, 0.2) is 5.82 Å². The molecule has 0 aromatic carbocycles. The quantitative estimate of drug-likeness (QED) is 0.847. The summed E-state index contributed by atoms with van der Waals surface area (Å²) in [5, 5.41) is 3.11. The molecule has 0 aliphatic carbocycles. The van der Waals surface area contributed by atoms with Crippen LogP contribution >= 0.6 is 11.6 Å². The number of nitrogens with two attached hydrogens (primary N) is 1. The Kier molecular flexibility index (Phi) is 4.57. The van der Waals surface area contributed by atoms with E-state index in [9.17, 15) is 4.79 Å². The van der Waals surface area contributed by atoms with Crippen LogP contribution in [0.15, 0.2) is 12.3 Å². The van der Waals surface area contributed by atoms with Crippen LogP contribution in [-0.4, -0.2) is 31.5 Å². The lowest BCUT2D eigenvalue weighted by Crippen LogP contribution is -2.34. The van der Waals surface area contributed by atoms with Crippen molar-refractivity contribution in [3.63, 3.8) is 0 Å². The number of pyridine rings is 1. The van der Waals surface area contributed by atoms with E-state index in [0.29, 0.717) is 23.1 Å². The van der Waals surface area contributed by atoms with Crippen molar-refractivity contribution in [2.45, 2.75) is 6.92 Å². The van der Waals surface area contributed by atoms with E-state index < -0.39 is 0 Å². The van der Waals surface area contributed by atoms with Crippen molar-refractivity contribution < 1.29 is 4.79 Å². The van der Waals surface area contributed by atoms with Gasteiger partial charge in [-0.05, 0) is 6.07 Å². The lowest BCUT2D eigenvalue weighted by molar-refractivity contribution is -0.123. The SMILES string of the molecule is CNC(=O)C(C)CN(C)c1ncc(Cl)cc1N. The molecule has 17 heavy (non-hydrogen) atoms. The number of nitrogens with zero attached hydrogens (tertiary/aromatic N) is 2. The molecular formula is C11H17ClN4O. The van der Waals surface area contributed by atoms with E-state index >= 15 is 0 Å². The van der Waals surface area contributed by atoms with Crippen LogP contribution in [0.2, 0.25) is 5.02 Å². The molecule has 1 amide bonds. The highest BCUT2D eigenvalue weighted by Gasteiger charge is 2.16. The highest BCUT2D eigenvalue weighted by molar-refractivity contribution is 6.30. The normalized spacial score (nSPS) is 12.0. The smallest absolute Gasteiger partial charge is 0.224 e. The number of nitrogens with one attached hydrogen (secondary N) is 1. The van der Waals surface area contributed by atoms with E-state index in [-0.39, 0.29) is 11.8 Å². The molecule has 1 atom stereocenters. The Labute approximate surface area is 106 Å². The molecule has 1 unspecified atom stereocenters. The third-order valence-corrected chi connectivity index (χ3v) is 2.67. The molecule has 0 bridgehead atoms. The molecule has 0 aliphatic rings. The molecular weight excluding hydrogens is 240 g/mol. The Morgan fingerprint density at radius 3 is 2.88 bits per heavy atom. The van der Waals surface area contributed by atoms with Crippen LogP contribution < -0.4 is 16.0 Å². The third kappa shape index (κ3) is 3.49. The number of nitrogen functional groups attached to an aromatic ring is 1. The van der Waals surface area contributed by atoms with E-state index in [0.717, 1.165) is 0 Å². The maximum Gasteiger partial charge on any atom is 0.224 e. The van der Waals surface area contributed by atoms with Crippen LogP contribution in [-0.2, 0) is 4.79 Å². The van der Waals surface area contributed by atoms with Gasteiger partial charge in [-0.2, -0.15) is 0 Å². The fourth-order valence-electron chi connectivity index (χ4n) is 1.59. The zero-order chi connectivity index (χ0) is 13.0. The molecule has 1 rings (SSSR count). The number of carbonyl (C=O) groups excluding carboxylic acids is 1. The van der Waals surface area contributed by atoms with Crippen molar-refractivity contribution in [1.82, 2.24) is 10.3 Å².